The fraction of sp³-hybridized carbons (Fsp3) is 0.444. The maximum absolute atomic E-state index is 10.5. The molecule has 2 heterocycles. The first-order valence-electron chi connectivity index (χ1n) is 4.72. The van der Waals surface area contributed by atoms with Crippen molar-refractivity contribution in [3.8, 4) is 0 Å². The van der Waals surface area contributed by atoms with Gasteiger partial charge in [-0.3, -0.25) is 4.79 Å². The van der Waals surface area contributed by atoms with Crippen molar-refractivity contribution in [2.45, 2.75) is 0 Å². The van der Waals surface area contributed by atoms with Crippen LogP contribution >= 0.6 is 11.6 Å². The van der Waals surface area contributed by atoms with Crippen LogP contribution < -0.4 is 4.90 Å². The SMILES string of the molecule is O=CN1CCN(c2ccnc(Cl)n2)CC1. The van der Waals surface area contributed by atoms with Gasteiger partial charge in [0.2, 0.25) is 11.7 Å². The van der Waals surface area contributed by atoms with Crippen LogP contribution in [0.25, 0.3) is 0 Å². The number of hydrogen-bond donors (Lipinski definition) is 0. The molecule has 6 heteroatoms. The molecule has 15 heavy (non-hydrogen) atoms. The molecule has 5 nitrogen and oxygen atoms in total. The van der Waals surface area contributed by atoms with Gasteiger partial charge in [0.1, 0.15) is 5.82 Å². The highest BCUT2D eigenvalue weighted by molar-refractivity contribution is 6.28. The summed E-state index contributed by atoms with van der Waals surface area (Å²) in [7, 11) is 0. The fourth-order valence-electron chi connectivity index (χ4n) is 1.56. The number of carbonyl (C=O) groups is 1. The lowest BCUT2D eigenvalue weighted by Gasteiger charge is -2.33. The monoisotopic (exact) mass is 226 g/mol. The highest BCUT2D eigenvalue weighted by Gasteiger charge is 2.16. The van der Waals surface area contributed by atoms with E-state index in [9.17, 15) is 4.79 Å². The second kappa shape index (κ2) is 4.44. The molecule has 2 rings (SSSR count). The van der Waals surface area contributed by atoms with Gasteiger partial charge in [-0.15, -0.1) is 0 Å². The molecule has 1 aromatic rings. The molecular formula is C9H11ClN4O. The lowest BCUT2D eigenvalue weighted by atomic mass is 10.3. The molecule has 1 fully saturated rings. The van der Waals surface area contributed by atoms with E-state index in [-0.39, 0.29) is 5.28 Å². The van der Waals surface area contributed by atoms with Gasteiger partial charge in [0.05, 0.1) is 0 Å². The molecule has 0 aromatic carbocycles. The van der Waals surface area contributed by atoms with Crippen LogP contribution in [0.4, 0.5) is 5.82 Å². The predicted molar refractivity (Wildman–Crippen MR) is 56.9 cm³/mol. The third kappa shape index (κ3) is 2.36. The highest BCUT2D eigenvalue weighted by atomic mass is 35.5. The lowest BCUT2D eigenvalue weighted by Crippen LogP contribution is -2.46. The first-order valence-corrected chi connectivity index (χ1v) is 5.10. The van der Waals surface area contributed by atoms with E-state index in [1.54, 1.807) is 11.1 Å². The molecule has 80 valence electrons. The second-order valence-corrected chi connectivity index (χ2v) is 3.65. The number of anilines is 1. The summed E-state index contributed by atoms with van der Waals surface area (Å²) in [4.78, 5) is 22.3. The Hall–Kier alpha value is -1.36. The van der Waals surface area contributed by atoms with E-state index in [4.69, 9.17) is 11.6 Å². The Kier molecular flexibility index (Phi) is 3.01. The third-order valence-electron chi connectivity index (χ3n) is 2.40. The van der Waals surface area contributed by atoms with Crippen LogP contribution in [0.15, 0.2) is 12.3 Å². The lowest BCUT2D eigenvalue weighted by molar-refractivity contribution is -0.118. The van der Waals surface area contributed by atoms with Crippen molar-refractivity contribution in [1.82, 2.24) is 14.9 Å². The standard InChI is InChI=1S/C9H11ClN4O/c10-9-11-2-1-8(12-9)14-5-3-13(7-15)4-6-14/h1-2,7H,3-6H2. The zero-order valence-corrected chi connectivity index (χ0v) is 8.89. The number of rotatable bonds is 2. The zero-order chi connectivity index (χ0) is 10.7. The van der Waals surface area contributed by atoms with Crippen LogP contribution in [0.1, 0.15) is 0 Å². The van der Waals surface area contributed by atoms with Gasteiger partial charge in [-0.05, 0) is 17.7 Å². The molecule has 0 aliphatic carbocycles. The summed E-state index contributed by atoms with van der Waals surface area (Å²) in [6.45, 7) is 3.02. The molecule has 0 N–H and O–H groups in total. The predicted octanol–water partition coefficient (Wildman–Crippen LogP) is 0.408. The molecule has 0 radical (unpaired) electrons. The number of piperazine rings is 1. The first kappa shape index (κ1) is 10.2. The maximum Gasteiger partial charge on any atom is 0.224 e. The normalized spacial score (nSPS) is 16.6. The van der Waals surface area contributed by atoms with Gasteiger partial charge in [0, 0.05) is 32.4 Å². The summed E-state index contributed by atoms with van der Waals surface area (Å²) in [6, 6.07) is 1.82. The minimum atomic E-state index is 0.255. The van der Waals surface area contributed by atoms with Gasteiger partial charge in [0.25, 0.3) is 0 Å². The fourth-order valence-corrected chi connectivity index (χ4v) is 1.70. The number of aromatic nitrogens is 2. The van der Waals surface area contributed by atoms with Crippen LogP contribution in [0.5, 0.6) is 0 Å². The van der Waals surface area contributed by atoms with Crippen LogP contribution in [0.2, 0.25) is 5.28 Å². The number of hydrogen-bond acceptors (Lipinski definition) is 4. The van der Waals surface area contributed by atoms with E-state index in [1.165, 1.54) is 0 Å². The Morgan fingerprint density at radius 3 is 2.67 bits per heavy atom. The summed E-state index contributed by atoms with van der Waals surface area (Å²) in [6.07, 6.45) is 2.51. The van der Waals surface area contributed by atoms with Gasteiger partial charge >= 0.3 is 0 Å². The molecule has 0 unspecified atom stereocenters. The molecule has 0 atom stereocenters. The zero-order valence-electron chi connectivity index (χ0n) is 8.14. The van der Waals surface area contributed by atoms with Crippen molar-refractivity contribution in [2.24, 2.45) is 0 Å². The highest BCUT2D eigenvalue weighted by Crippen LogP contribution is 2.13. The smallest absolute Gasteiger partial charge is 0.224 e. The summed E-state index contributed by atoms with van der Waals surface area (Å²) < 4.78 is 0. The van der Waals surface area contributed by atoms with Gasteiger partial charge in [-0.1, -0.05) is 0 Å². The molecular weight excluding hydrogens is 216 g/mol. The van der Waals surface area contributed by atoms with E-state index in [0.717, 1.165) is 38.4 Å². The number of nitrogens with zero attached hydrogens (tertiary/aromatic N) is 4. The Bertz CT molecular complexity index is 352. The molecule has 0 spiro atoms. The molecule has 1 aliphatic rings. The van der Waals surface area contributed by atoms with Crippen molar-refractivity contribution in [2.75, 3.05) is 31.1 Å². The van der Waals surface area contributed by atoms with E-state index >= 15 is 0 Å². The van der Waals surface area contributed by atoms with Crippen LogP contribution in [-0.2, 0) is 4.79 Å². The average molecular weight is 227 g/mol. The molecule has 1 aromatic heterocycles. The Balaban J connectivity index is 2.04. The largest absolute Gasteiger partial charge is 0.353 e. The molecule has 1 aliphatic heterocycles. The van der Waals surface area contributed by atoms with Crippen LogP contribution in [0.3, 0.4) is 0 Å². The van der Waals surface area contributed by atoms with Crippen molar-refractivity contribution in [3.63, 3.8) is 0 Å². The quantitative estimate of drug-likeness (QED) is 0.541. The van der Waals surface area contributed by atoms with E-state index < -0.39 is 0 Å². The van der Waals surface area contributed by atoms with Crippen molar-refractivity contribution in [3.05, 3.63) is 17.5 Å². The van der Waals surface area contributed by atoms with E-state index in [0.29, 0.717) is 0 Å². The van der Waals surface area contributed by atoms with Gasteiger partial charge < -0.3 is 9.80 Å². The third-order valence-corrected chi connectivity index (χ3v) is 2.58. The van der Waals surface area contributed by atoms with Crippen LogP contribution in [0, 0.1) is 0 Å². The Morgan fingerprint density at radius 2 is 2.07 bits per heavy atom. The number of amides is 1. The topological polar surface area (TPSA) is 49.3 Å². The van der Waals surface area contributed by atoms with Crippen molar-refractivity contribution in [1.29, 1.82) is 0 Å². The summed E-state index contributed by atoms with van der Waals surface area (Å²) in [5.41, 5.74) is 0. The molecule has 1 amide bonds. The summed E-state index contributed by atoms with van der Waals surface area (Å²) >= 11 is 5.70. The minimum Gasteiger partial charge on any atom is -0.353 e. The van der Waals surface area contributed by atoms with Gasteiger partial charge in [-0.2, -0.15) is 0 Å². The van der Waals surface area contributed by atoms with E-state index in [1.807, 2.05) is 6.07 Å². The second-order valence-electron chi connectivity index (χ2n) is 3.31. The molecule has 1 saturated heterocycles. The van der Waals surface area contributed by atoms with Crippen LogP contribution in [-0.4, -0.2) is 47.5 Å². The minimum absolute atomic E-state index is 0.255. The molecule has 0 saturated carbocycles. The van der Waals surface area contributed by atoms with E-state index in [2.05, 4.69) is 14.9 Å². The Labute approximate surface area is 92.7 Å². The number of carbonyl (C=O) groups excluding carboxylic acids is 1. The summed E-state index contributed by atoms with van der Waals surface area (Å²) in [5.74, 6) is 0.820. The van der Waals surface area contributed by atoms with Gasteiger partial charge in [-0.25, -0.2) is 9.97 Å². The van der Waals surface area contributed by atoms with Gasteiger partial charge in [0.15, 0.2) is 0 Å². The summed E-state index contributed by atoms with van der Waals surface area (Å²) in [5, 5.41) is 0.255. The number of halogens is 1. The Morgan fingerprint density at radius 1 is 1.33 bits per heavy atom. The van der Waals surface area contributed by atoms with Crippen molar-refractivity contribution < 1.29 is 4.79 Å². The maximum atomic E-state index is 10.5. The average Bonchev–Trinajstić information content (AvgIpc) is 2.29. The first-order chi connectivity index (χ1) is 7.29. The van der Waals surface area contributed by atoms with Crippen molar-refractivity contribution >= 4 is 23.8 Å². The molecule has 0 bridgehead atoms.